The molecule has 1 heterocycles. The summed E-state index contributed by atoms with van der Waals surface area (Å²) in [4.78, 5) is 39.1. The Morgan fingerprint density at radius 2 is 1.73 bits per heavy atom. The second-order valence-corrected chi connectivity index (χ2v) is 7.48. The monoisotopic (exact) mass is 464 g/mol. The molecule has 150 valence electrons. The van der Waals surface area contributed by atoms with Crippen LogP contribution in [0.4, 0.5) is 10.5 Å². The van der Waals surface area contributed by atoms with Crippen molar-refractivity contribution in [1.29, 1.82) is 0 Å². The van der Waals surface area contributed by atoms with E-state index < -0.39 is 17.8 Å². The molecule has 4 rings (SSSR count). The van der Waals surface area contributed by atoms with Crippen LogP contribution in [0.1, 0.15) is 12.5 Å². The summed E-state index contributed by atoms with van der Waals surface area (Å²) in [5.41, 5.74) is 0.829. The number of urea groups is 1. The van der Waals surface area contributed by atoms with E-state index in [1.807, 2.05) is 37.3 Å². The van der Waals surface area contributed by atoms with Gasteiger partial charge in [0.25, 0.3) is 11.8 Å². The quantitative estimate of drug-likeness (QED) is 0.449. The Hall–Kier alpha value is -3.45. The molecule has 0 bridgehead atoms. The lowest BCUT2D eigenvalue weighted by Crippen LogP contribution is -2.54. The van der Waals surface area contributed by atoms with Gasteiger partial charge in [0.2, 0.25) is 0 Å². The number of benzene rings is 3. The van der Waals surface area contributed by atoms with E-state index in [4.69, 9.17) is 4.74 Å². The zero-order valence-electron chi connectivity index (χ0n) is 16.0. The van der Waals surface area contributed by atoms with Crippen molar-refractivity contribution in [2.45, 2.75) is 6.92 Å². The van der Waals surface area contributed by atoms with Crippen LogP contribution in [0.15, 0.2) is 70.7 Å². The number of fused-ring (bicyclic) bond motifs is 1. The molecule has 30 heavy (non-hydrogen) atoms. The number of halogens is 1. The molecule has 0 unspecified atom stereocenters. The summed E-state index contributed by atoms with van der Waals surface area (Å²) in [6.45, 7) is 2.29. The van der Waals surface area contributed by atoms with Gasteiger partial charge in [-0.3, -0.25) is 14.9 Å². The van der Waals surface area contributed by atoms with Crippen molar-refractivity contribution in [3.63, 3.8) is 0 Å². The summed E-state index contributed by atoms with van der Waals surface area (Å²) in [6.07, 6.45) is 1.49. The highest BCUT2D eigenvalue weighted by Gasteiger charge is 2.37. The number of barbiturate groups is 1. The van der Waals surface area contributed by atoms with Crippen LogP contribution in [0.3, 0.4) is 0 Å². The molecule has 1 fully saturated rings. The molecule has 1 aliphatic heterocycles. The van der Waals surface area contributed by atoms with Gasteiger partial charge in [0, 0.05) is 10.0 Å². The minimum Gasteiger partial charge on any atom is -0.493 e. The Balaban J connectivity index is 1.85. The summed E-state index contributed by atoms with van der Waals surface area (Å²) in [6, 6.07) is 17.2. The lowest BCUT2D eigenvalue weighted by Gasteiger charge is -2.26. The van der Waals surface area contributed by atoms with Gasteiger partial charge in [0.15, 0.2) is 0 Å². The third-order valence-corrected chi connectivity index (χ3v) is 5.23. The maximum atomic E-state index is 13.2. The van der Waals surface area contributed by atoms with Crippen molar-refractivity contribution in [2.75, 3.05) is 11.5 Å². The number of nitrogens with one attached hydrogen (secondary N) is 1. The molecule has 0 radical (unpaired) electrons. The Kier molecular flexibility index (Phi) is 5.37. The molecule has 3 aromatic rings. The van der Waals surface area contributed by atoms with E-state index in [9.17, 15) is 14.4 Å². The average Bonchev–Trinajstić information content (AvgIpc) is 2.73. The first-order chi connectivity index (χ1) is 14.5. The lowest BCUT2D eigenvalue weighted by atomic mass is 9.99. The molecular formula is C23H17BrN2O4. The molecule has 0 atom stereocenters. The first-order valence-electron chi connectivity index (χ1n) is 9.31. The Morgan fingerprint density at radius 1 is 1.00 bits per heavy atom. The maximum Gasteiger partial charge on any atom is 0.335 e. The number of anilines is 1. The van der Waals surface area contributed by atoms with Crippen molar-refractivity contribution in [2.24, 2.45) is 0 Å². The van der Waals surface area contributed by atoms with E-state index >= 15 is 0 Å². The van der Waals surface area contributed by atoms with Gasteiger partial charge in [-0.1, -0.05) is 46.3 Å². The fourth-order valence-electron chi connectivity index (χ4n) is 3.33. The average molecular weight is 465 g/mol. The predicted molar refractivity (Wildman–Crippen MR) is 118 cm³/mol. The number of imide groups is 2. The third-order valence-electron chi connectivity index (χ3n) is 4.71. The zero-order chi connectivity index (χ0) is 21.3. The zero-order valence-corrected chi connectivity index (χ0v) is 17.6. The number of nitrogens with zero attached hydrogens (tertiary/aromatic N) is 1. The summed E-state index contributed by atoms with van der Waals surface area (Å²) < 4.78 is 6.54. The van der Waals surface area contributed by atoms with Gasteiger partial charge in [-0.05, 0) is 54.1 Å². The standard InChI is InChI=1S/C23H17BrN2O4/c1-2-30-20-12-7-14-5-3-4-6-17(14)18(20)13-19-21(27)25-23(29)26(22(19)28)16-10-8-15(24)9-11-16/h3-13H,2H2,1H3,(H,25,27,29)/b19-13-. The predicted octanol–water partition coefficient (Wildman–Crippen LogP) is 4.67. The second-order valence-electron chi connectivity index (χ2n) is 6.57. The van der Waals surface area contributed by atoms with Crippen LogP contribution in [0.25, 0.3) is 16.8 Å². The van der Waals surface area contributed by atoms with Gasteiger partial charge in [-0.15, -0.1) is 0 Å². The number of hydrogen-bond donors (Lipinski definition) is 1. The van der Waals surface area contributed by atoms with Crippen LogP contribution in [0, 0.1) is 0 Å². The van der Waals surface area contributed by atoms with Crippen LogP contribution in [0.5, 0.6) is 5.75 Å². The number of amides is 4. The van der Waals surface area contributed by atoms with E-state index in [2.05, 4.69) is 21.2 Å². The van der Waals surface area contributed by atoms with Gasteiger partial charge in [-0.2, -0.15) is 0 Å². The van der Waals surface area contributed by atoms with Gasteiger partial charge >= 0.3 is 6.03 Å². The number of hydrogen-bond acceptors (Lipinski definition) is 4. The highest BCUT2D eigenvalue weighted by molar-refractivity contribution is 9.10. The maximum absolute atomic E-state index is 13.2. The van der Waals surface area contributed by atoms with Gasteiger partial charge < -0.3 is 4.74 Å². The van der Waals surface area contributed by atoms with E-state index in [0.29, 0.717) is 23.6 Å². The van der Waals surface area contributed by atoms with Crippen LogP contribution < -0.4 is 15.0 Å². The van der Waals surface area contributed by atoms with Crippen molar-refractivity contribution >= 4 is 56.3 Å². The Bertz CT molecular complexity index is 1200. The highest BCUT2D eigenvalue weighted by Crippen LogP contribution is 2.32. The third kappa shape index (κ3) is 3.59. The van der Waals surface area contributed by atoms with Crippen LogP contribution >= 0.6 is 15.9 Å². The molecule has 1 N–H and O–H groups in total. The van der Waals surface area contributed by atoms with Gasteiger partial charge in [0.1, 0.15) is 11.3 Å². The molecule has 4 amide bonds. The second kappa shape index (κ2) is 8.12. The van der Waals surface area contributed by atoms with Crippen LogP contribution in [0.2, 0.25) is 0 Å². The van der Waals surface area contributed by atoms with Gasteiger partial charge in [0.05, 0.1) is 12.3 Å². The fraction of sp³-hybridized carbons (Fsp3) is 0.0870. The van der Waals surface area contributed by atoms with Crippen molar-refractivity contribution < 1.29 is 19.1 Å². The number of carbonyl (C=O) groups is 3. The molecule has 0 aromatic heterocycles. The fourth-order valence-corrected chi connectivity index (χ4v) is 3.60. The summed E-state index contributed by atoms with van der Waals surface area (Å²) >= 11 is 3.33. The summed E-state index contributed by atoms with van der Waals surface area (Å²) in [5.74, 6) is -0.883. The van der Waals surface area contributed by atoms with E-state index in [1.54, 1.807) is 30.3 Å². The highest BCUT2D eigenvalue weighted by atomic mass is 79.9. The molecule has 0 aliphatic carbocycles. The molecule has 6 nitrogen and oxygen atoms in total. The van der Waals surface area contributed by atoms with Crippen LogP contribution in [-0.2, 0) is 9.59 Å². The minimum atomic E-state index is -0.785. The Morgan fingerprint density at radius 3 is 2.47 bits per heavy atom. The minimum absolute atomic E-state index is 0.144. The van der Waals surface area contributed by atoms with Crippen LogP contribution in [-0.4, -0.2) is 24.5 Å². The molecule has 1 saturated heterocycles. The molecule has 1 aliphatic rings. The van der Waals surface area contributed by atoms with Crippen molar-refractivity contribution in [3.05, 3.63) is 76.3 Å². The summed E-state index contributed by atoms with van der Waals surface area (Å²) in [7, 11) is 0. The topological polar surface area (TPSA) is 75.7 Å². The number of carbonyl (C=O) groups excluding carboxylic acids is 3. The lowest BCUT2D eigenvalue weighted by molar-refractivity contribution is -0.122. The molecule has 0 spiro atoms. The van der Waals surface area contributed by atoms with E-state index in [-0.39, 0.29) is 5.57 Å². The number of ether oxygens (including phenoxy) is 1. The molecular weight excluding hydrogens is 448 g/mol. The first-order valence-corrected chi connectivity index (χ1v) is 10.1. The Labute approximate surface area is 181 Å². The molecule has 0 saturated carbocycles. The van der Waals surface area contributed by atoms with E-state index in [1.165, 1.54) is 6.08 Å². The normalized spacial score (nSPS) is 15.6. The smallest absolute Gasteiger partial charge is 0.335 e. The van der Waals surface area contributed by atoms with Crippen molar-refractivity contribution in [3.8, 4) is 5.75 Å². The van der Waals surface area contributed by atoms with Gasteiger partial charge in [-0.25, -0.2) is 9.69 Å². The number of rotatable bonds is 4. The SMILES string of the molecule is CCOc1ccc2ccccc2c1/C=C1/C(=O)NC(=O)N(c2ccc(Br)cc2)C1=O. The molecule has 3 aromatic carbocycles. The largest absolute Gasteiger partial charge is 0.493 e. The first kappa shape index (κ1) is 19.8. The van der Waals surface area contributed by atoms with E-state index in [0.717, 1.165) is 20.1 Å². The van der Waals surface area contributed by atoms with Crippen molar-refractivity contribution in [1.82, 2.24) is 5.32 Å². The summed E-state index contributed by atoms with van der Waals surface area (Å²) in [5, 5.41) is 4.03. The molecule has 7 heteroatoms.